The van der Waals surface area contributed by atoms with Gasteiger partial charge in [-0.15, -0.1) is 0 Å². The van der Waals surface area contributed by atoms with Gasteiger partial charge in [0.05, 0.1) is 16.8 Å². The van der Waals surface area contributed by atoms with Crippen LogP contribution in [0.15, 0.2) is 28.7 Å². The van der Waals surface area contributed by atoms with Crippen molar-refractivity contribution in [3.8, 4) is 34.3 Å². The Balaban J connectivity index is 1.88. The maximum Gasteiger partial charge on any atom is 0.171 e. The van der Waals surface area contributed by atoms with E-state index in [0.717, 1.165) is 0 Å². The third kappa shape index (κ3) is 5.56. The zero-order valence-electron chi connectivity index (χ0n) is 22.4. The molecule has 9 heteroatoms. The monoisotopic (exact) mass is 530 g/mol. The average molecular weight is 531 g/mol. The summed E-state index contributed by atoms with van der Waals surface area (Å²) in [5.74, 6) is -0.320. The summed E-state index contributed by atoms with van der Waals surface area (Å²) in [5, 5.41) is 74.7. The Morgan fingerprint density at radius 1 is 0.895 bits per heavy atom. The Morgan fingerprint density at radius 3 is 2.08 bits per heavy atom. The molecule has 0 radical (unpaired) electrons. The molecule has 7 N–H and O–H groups in total. The van der Waals surface area contributed by atoms with Crippen LogP contribution < -0.4 is 4.74 Å². The van der Waals surface area contributed by atoms with Gasteiger partial charge >= 0.3 is 0 Å². The number of aryl methyl sites for hydroxylation is 1. The van der Waals surface area contributed by atoms with Crippen LogP contribution in [0.1, 0.15) is 77.5 Å². The summed E-state index contributed by atoms with van der Waals surface area (Å²) in [6.45, 7) is 8.35. The van der Waals surface area contributed by atoms with E-state index in [0.29, 0.717) is 42.2 Å². The summed E-state index contributed by atoms with van der Waals surface area (Å²) in [7, 11) is 0. The Hall–Kier alpha value is -2.98. The molecule has 3 unspecified atom stereocenters. The van der Waals surface area contributed by atoms with Gasteiger partial charge in [-0.05, 0) is 84.9 Å². The van der Waals surface area contributed by atoms with E-state index >= 15 is 0 Å². The molecule has 38 heavy (non-hydrogen) atoms. The largest absolute Gasteiger partial charge is 0.508 e. The maximum absolute atomic E-state index is 11.4. The predicted octanol–water partition coefficient (Wildman–Crippen LogP) is 4.41. The van der Waals surface area contributed by atoms with E-state index in [2.05, 4.69) is 0 Å². The second-order valence-electron chi connectivity index (χ2n) is 11.9. The van der Waals surface area contributed by atoms with E-state index in [9.17, 15) is 35.7 Å². The van der Waals surface area contributed by atoms with E-state index < -0.39 is 29.0 Å². The van der Waals surface area contributed by atoms with Crippen LogP contribution >= 0.6 is 0 Å². The second kappa shape index (κ2) is 9.64. The second-order valence-corrected chi connectivity index (χ2v) is 11.9. The van der Waals surface area contributed by atoms with Gasteiger partial charge in [0.1, 0.15) is 40.7 Å². The third-order valence-electron chi connectivity index (χ3n) is 7.24. The van der Waals surface area contributed by atoms with Gasteiger partial charge in [0.2, 0.25) is 0 Å². The minimum absolute atomic E-state index is 0.00791. The van der Waals surface area contributed by atoms with Crippen LogP contribution in [0.25, 0.3) is 22.3 Å². The molecule has 0 aliphatic carbocycles. The van der Waals surface area contributed by atoms with Gasteiger partial charge in [0.25, 0.3) is 0 Å². The lowest BCUT2D eigenvalue weighted by molar-refractivity contribution is -0.126. The number of furan rings is 1. The summed E-state index contributed by atoms with van der Waals surface area (Å²) in [5.41, 5.74) is -2.12. The minimum Gasteiger partial charge on any atom is -0.508 e. The molecular formula is C29H38O9. The van der Waals surface area contributed by atoms with Crippen LogP contribution in [0.4, 0.5) is 0 Å². The van der Waals surface area contributed by atoms with Crippen LogP contribution in [0, 0.1) is 0 Å². The van der Waals surface area contributed by atoms with Gasteiger partial charge in [0.15, 0.2) is 11.5 Å². The molecule has 3 aromatic rings. The summed E-state index contributed by atoms with van der Waals surface area (Å²) >= 11 is 0. The van der Waals surface area contributed by atoms with Gasteiger partial charge in [-0.3, -0.25) is 0 Å². The molecular weight excluding hydrogens is 492 g/mol. The third-order valence-corrected chi connectivity index (χ3v) is 7.24. The van der Waals surface area contributed by atoms with Crippen LogP contribution in [0.3, 0.4) is 0 Å². The van der Waals surface area contributed by atoms with Gasteiger partial charge in [-0.1, -0.05) is 0 Å². The fraction of sp³-hybridized carbons (Fsp3) is 0.517. The van der Waals surface area contributed by atoms with E-state index in [1.165, 1.54) is 18.2 Å². The van der Waals surface area contributed by atoms with Crippen LogP contribution in [-0.4, -0.2) is 58.7 Å². The van der Waals surface area contributed by atoms with Gasteiger partial charge in [-0.2, -0.15) is 0 Å². The van der Waals surface area contributed by atoms with Crippen molar-refractivity contribution in [2.24, 2.45) is 0 Å². The number of hydrogen-bond acceptors (Lipinski definition) is 9. The average Bonchev–Trinajstić information content (AvgIpc) is 3.20. The van der Waals surface area contributed by atoms with E-state index in [-0.39, 0.29) is 46.3 Å². The lowest BCUT2D eigenvalue weighted by Crippen LogP contribution is -2.51. The minimum atomic E-state index is -1.46. The number of phenols is 3. The molecule has 2 heterocycles. The van der Waals surface area contributed by atoms with Crippen LogP contribution in [0.5, 0.6) is 23.0 Å². The molecule has 4 rings (SSSR count). The lowest BCUT2D eigenvalue weighted by atomic mass is 9.81. The topological polar surface area (TPSA) is 164 Å². The van der Waals surface area contributed by atoms with Crippen molar-refractivity contribution in [3.05, 3.63) is 35.4 Å². The predicted molar refractivity (Wildman–Crippen MR) is 141 cm³/mol. The summed E-state index contributed by atoms with van der Waals surface area (Å²) in [6, 6.07) is 5.62. The molecule has 0 saturated carbocycles. The summed E-state index contributed by atoms with van der Waals surface area (Å²) in [4.78, 5) is 0. The number of hydrogen-bond donors (Lipinski definition) is 7. The maximum atomic E-state index is 11.4. The Labute approximate surface area is 221 Å². The number of benzene rings is 2. The molecule has 0 fully saturated rings. The molecule has 0 spiro atoms. The van der Waals surface area contributed by atoms with E-state index in [1.807, 2.05) is 0 Å². The standard InChI is InChI=1S/C29H38O9/c1-27(2,35)8-6-9-29(5)26(34)23(33)21-24-19(14-20(37-24)15-11-16(30)13-17(31)12-15)18(7-10-28(3,4)36)22(32)25(21)38-29/h11-14,23,26,30-36H,6-10H2,1-5H3. The Morgan fingerprint density at radius 2 is 1.50 bits per heavy atom. The molecule has 2 aromatic carbocycles. The van der Waals surface area contributed by atoms with Gasteiger partial charge < -0.3 is 44.9 Å². The molecule has 9 nitrogen and oxygen atoms in total. The summed E-state index contributed by atoms with van der Waals surface area (Å²) < 4.78 is 12.4. The Bertz CT molecular complexity index is 1310. The van der Waals surface area contributed by atoms with Crippen molar-refractivity contribution in [3.63, 3.8) is 0 Å². The molecule has 208 valence electrons. The fourth-order valence-electron chi connectivity index (χ4n) is 5.10. The first-order valence-corrected chi connectivity index (χ1v) is 12.8. The van der Waals surface area contributed by atoms with Crippen LogP contribution in [0.2, 0.25) is 0 Å². The van der Waals surface area contributed by atoms with Crippen molar-refractivity contribution >= 4 is 11.0 Å². The highest BCUT2D eigenvalue weighted by Crippen LogP contribution is 2.53. The molecule has 1 aliphatic heterocycles. The molecule has 1 aromatic heterocycles. The Kier molecular flexibility index (Phi) is 7.12. The fourth-order valence-corrected chi connectivity index (χ4v) is 5.10. The number of aliphatic hydroxyl groups excluding tert-OH is 2. The first-order valence-electron chi connectivity index (χ1n) is 12.8. The van der Waals surface area contributed by atoms with E-state index in [1.54, 1.807) is 40.7 Å². The van der Waals surface area contributed by atoms with Crippen molar-refractivity contribution < 1.29 is 44.9 Å². The highest BCUT2D eigenvalue weighted by molar-refractivity contribution is 5.93. The molecule has 3 atom stereocenters. The highest BCUT2D eigenvalue weighted by Gasteiger charge is 2.48. The van der Waals surface area contributed by atoms with E-state index in [4.69, 9.17) is 9.15 Å². The van der Waals surface area contributed by atoms with Gasteiger partial charge in [0, 0.05) is 22.6 Å². The van der Waals surface area contributed by atoms with Gasteiger partial charge in [-0.25, -0.2) is 0 Å². The highest BCUT2D eigenvalue weighted by atomic mass is 16.5. The number of aromatic hydroxyl groups is 3. The zero-order chi connectivity index (χ0) is 28.2. The number of rotatable bonds is 8. The van der Waals surface area contributed by atoms with Crippen molar-refractivity contribution in [1.29, 1.82) is 0 Å². The molecule has 0 bridgehead atoms. The molecule has 0 saturated heterocycles. The van der Waals surface area contributed by atoms with Crippen molar-refractivity contribution in [1.82, 2.24) is 0 Å². The first kappa shape index (κ1) is 28.0. The number of fused-ring (bicyclic) bond motifs is 3. The quantitative estimate of drug-likeness (QED) is 0.223. The lowest BCUT2D eigenvalue weighted by Gasteiger charge is -2.43. The molecule has 1 aliphatic rings. The first-order chi connectivity index (χ1) is 17.5. The van der Waals surface area contributed by atoms with Crippen LogP contribution in [-0.2, 0) is 6.42 Å². The number of ether oxygens (including phenoxy) is 1. The number of aliphatic hydroxyl groups is 4. The van der Waals surface area contributed by atoms with Crippen molar-refractivity contribution in [2.75, 3.05) is 0 Å². The normalized spacial score (nSPS) is 21.9. The zero-order valence-corrected chi connectivity index (χ0v) is 22.4. The molecule has 0 amide bonds. The smallest absolute Gasteiger partial charge is 0.171 e. The van der Waals surface area contributed by atoms with Crippen molar-refractivity contribution in [2.45, 2.75) is 95.7 Å². The SMILES string of the molecule is CC(C)(O)CCCC1(C)Oc2c(O)c(CCC(C)(C)O)c3cc(-c4cc(O)cc(O)c4)oc3c2C(O)C1O. The summed E-state index contributed by atoms with van der Waals surface area (Å²) in [6.07, 6.45) is -1.02. The number of phenolic OH excluding ortho intramolecular Hbond substituents is 3.